The van der Waals surface area contributed by atoms with Crippen molar-refractivity contribution in [1.29, 1.82) is 0 Å². The second kappa shape index (κ2) is 5.99. The molecule has 0 fully saturated rings. The summed E-state index contributed by atoms with van der Waals surface area (Å²) in [5, 5.41) is 14.1. The third-order valence-corrected chi connectivity index (χ3v) is 2.13. The Morgan fingerprint density at radius 3 is 2.94 bits per heavy atom. The highest BCUT2D eigenvalue weighted by Crippen LogP contribution is 2.27. The molecule has 1 aromatic rings. The van der Waals surface area contributed by atoms with Crippen LogP contribution < -0.4 is 5.32 Å². The number of hydrogen-bond acceptors (Lipinski definition) is 3. The van der Waals surface area contributed by atoms with Crippen molar-refractivity contribution in [3.05, 3.63) is 33.3 Å². The molecule has 0 spiro atoms. The fourth-order valence-electron chi connectivity index (χ4n) is 1.19. The van der Waals surface area contributed by atoms with Crippen LogP contribution in [0.25, 0.3) is 0 Å². The first-order valence-corrected chi connectivity index (χ1v) is 5.10. The highest BCUT2D eigenvalue weighted by Gasteiger charge is 2.12. The predicted molar refractivity (Wildman–Crippen MR) is 64.7 cm³/mol. The average Bonchev–Trinajstić information content (AvgIpc) is 2.24. The van der Waals surface area contributed by atoms with Crippen LogP contribution in [0.3, 0.4) is 0 Å². The lowest BCUT2D eigenvalue weighted by Gasteiger charge is -2.05. The number of hydrogen-bond donors (Lipinski definition) is 1. The van der Waals surface area contributed by atoms with E-state index in [0.717, 1.165) is 0 Å². The van der Waals surface area contributed by atoms with Crippen LogP contribution in [-0.2, 0) is 0 Å². The molecule has 0 amide bonds. The van der Waals surface area contributed by atoms with Crippen LogP contribution in [0.15, 0.2) is 18.2 Å². The van der Waals surface area contributed by atoms with Crippen LogP contribution in [0, 0.1) is 22.0 Å². The number of nitro groups is 1. The van der Waals surface area contributed by atoms with Gasteiger partial charge in [0.15, 0.2) is 0 Å². The normalized spacial score (nSPS) is 9.12. The summed E-state index contributed by atoms with van der Waals surface area (Å²) >= 11 is 5.77. The quantitative estimate of drug-likeness (QED) is 0.380. The van der Waals surface area contributed by atoms with Gasteiger partial charge in [-0.15, -0.1) is 11.8 Å². The van der Waals surface area contributed by atoms with E-state index in [0.29, 0.717) is 23.7 Å². The Hall–Kier alpha value is -1.73. The maximum Gasteiger partial charge on any atom is 0.292 e. The van der Waals surface area contributed by atoms with Gasteiger partial charge in [0, 0.05) is 24.1 Å². The molecule has 0 heterocycles. The van der Waals surface area contributed by atoms with Gasteiger partial charge in [-0.1, -0.05) is 11.6 Å². The number of halogens is 1. The summed E-state index contributed by atoms with van der Waals surface area (Å²) in [4.78, 5) is 10.3. The molecule has 0 aliphatic heterocycles. The van der Waals surface area contributed by atoms with Crippen molar-refractivity contribution in [1.82, 2.24) is 0 Å². The SMILES string of the molecule is CC#CCCNc1cc(Cl)ccc1[N+](=O)[O-]. The van der Waals surface area contributed by atoms with Crippen LogP contribution in [0.4, 0.5) is 11.4 Å². The van der Waals surface area contributed by atoms with Crippen molar-refractivity contribution >= 4 is 23.0 Å². The summed E-state index contributed by atoms with van der Waals surface area (Å²) in [5.41, 5.74) is 0.448. The van der Waals surface area contributed by atoms with Gasteiger partial charge in [-0.3, -0.25) is 10.1 Å². The fourth-order valence-corrected chi connectivity index (χ4v) is 1.37. The Morgan fingerprint density at radius 2 is 2.31 bits per heavy atom. The third-order valence-electron chi connectivity index (χ3n) is 1.90. The molecule has 0 atom stereocenters. The van der Waals surface area contributed by atoms with E-state index >= 15 is 0 Å². The molecular weight excluding hydrogens is 228 g/mol. The highest BCUT2D eigenvalue weighted by atomic mass is 35.5. The van der Waals surface area contributed by atoms with E-state index in [1.54, 1.807) is 13.0 Å². The van der Waals surface area contributed by atoms with E-state index in [1.165, 1.54) is 12.1 Å². The summed E-state index contributed by atoms with van der Waals surface area (Å²) in [6, 6.07) is 4.42. The van der Waals surface area contributed by atoms with Gasteiger partial charge >= 0.3 is 0 Å². The highest BCUT2D eigenvalue weighted by molar-refractivity contribution is 6.31. The van der Waals surface area contributed by atoms with Crippen LogP contribution in [0.2, 0.25) is 5.02 Å². The molecule has 0 aromatic heterocycles. The molecule has 84 valence electrons. The van der Waals surface area contributed by atoms with Crippen LogP contribution in [-0.4, -0.2) is 11.5 Å². The summed E-state index contributed by atoms with van der Waals surface area (Å²) < 4.78 is 0. The molecule has 1 N–H and O–H groups in total. The number of anilines is 1. The van der Waals surface area contributed by atoms with E-state index < -0.39 is 4.92 Å². The zero-order valence-corrected chi connectivity index (χ0v) is 9.54. The summed E-state index contributed by atoms with van der Waals surface area (Å²) in [7, 11) is 0. The standard InChI is InChI=1S/C11H11ClN2O2/c1-2-3-4-7-13-10-8-9(12)5-6-11(10)14(15)16/h5-6,8,13H,4,7H2,1H3. The molecule has 4 nitrogen and oxygen atoms in total. The van der Waals surface area contributed by atoms with Crippen molar-refractivity contribution in [2.45, 2.75) is 13.3 Å². The predicted octanol–water partition coefficient (Wildman–Crippen LogP) is 3.07. The van der Waals surface area contributed by atoms with Gasteiger partial charge in [0.25, 0.3) is 5.69 Å². The summed E-state index contributed by atoms with van der Waals surface area (Å²) in [6.45, 7) is 2.31. The lowest BCUT2D eigenvalue weighted by atomic mass is 10.2. The second-order valence-corrected chi connectivity index (χ2v) is 3.46. The molecule has 0 saturated heterocycles. The van der Waals surface area contributed by atoms with Gasteiger partial charge in [-0.25, -0.2) is 0 Å². The van der Waals surface area contributed by atoms with Crippen molar-refractivity contribution in [3.63, 3.8) is 0 Å². The Balaban J connectivity index is 2.78. The Morgan fingerprint density at radius 1 is 1.56 bits per heavy atom. The minimum absolute atomic E-state index is 0.0221. The fraction of sp³-hybridized carbons (Fsp3) is 0.273. The third kappa shape index (κ3) is 3.44. The van der Waals surface area contributed by atoms with Gasteiger partial charge in [0.2, 0.25) is 0 Å². The number of rotatable bonds is 4. The molecule has 16 heavy (non-hydrogen) atoms. The van der Waals surface area contributed by atoms with Gasteiger partial charge in [0.1, 0.15) is 5.69 Å². The van der Waals surface area contributed by atoms with Gasteiger partial charge in [-0.2, -0.15) is 0 Å². The summed E-state index contributed by atoms with van der Waals surface area (Å²) in [6.07, 6.45) is 0.639. The number of nitrogens with zero attached hydrogens (tertiary/aromatic N) is 1. The van der Waals surface area contributed by atoms with Crippen molar-refractivity contribution in [2.75, 3.05) is 11.9 Å². The lowest BCUT2D eigenvalue weighted by molar-refractivity contribution is -0.384. The molecule has 1 rings (SSSR count). The van der Waals surface area contributed by atoms with Crippen molar-refractivity contribution in [3.8, 4) is 11.8 Å². The van der Waals surface area contributed by atoms with Crippen molar-refractivity contribution < 1.29 is 4.92 Å². The molecule has 1 aromatic carbocycles. The Bertz CT molecular complexity index is 449. The maximum atomic E-state index is 10.7. The lowest BCUT2D eigenvalue weighted by Crippen LogP contribution is -2.03. The molecular formula is C11H11ClN2O2. The number of nitro benzene ring substituents is 1. The van der Waals surface area contributed by atoms with E-state index in [-0.39, 0.29) is 5.69 Å². The number of nitrogens with one attached hydrogen (secondary N) is 1. The average molecular weight is 239 g/mol. The minimum atomic E-state index is -0.440. The largest absolute Gasteiger partial charge is 0.378 e. The molecule has 0 radical (unpaired) electrons. The number of benzene rings is 1. The topological polar surface area (TPSA) is 55.2 Å². The Kier molecular flexibility index (Phi) is 4.62. The van der Waals surface area contributed by atoms with E-state index in [4.69, 9.17) is 11.6 Å². The van der Waals surface area contributed by atoms with Crippen LogP contribution in [0.5, 0.6) is 0 Å². The minimum Gasteiger partial charge on any atom is -0.378 e. The first-order valence-electron chi connectivity index (χ1n) is 4.72. The zero-order valence-electron chi connectivity index (χ0n) is 8.79. The first-order chi connectivity index (χ1) is 7.65. The van der Waals surface area contributed by atoms with Gasteiger partial charge < -0.3 is 5.32 Å². The maximum absolute atomic E-state index is 10.7. The molecule has 0 aliphatic rings. The molecule has 0 saturated carbocycles. The zero-order chi connectivity index (χ0) is 12.0. The van der Waals surface area contributed by atoms with Crippen LogP contribution >= 0.6 is 11.6 Å². The molecule has 0 aliphatic carbocycles. The monoisotopic (exact) mass is 238 g/mol. The molecule has 5 heteroatoms. The van der Waals surface area contributed by atoms with E-state index in [2.05, 4.69) is 17.2 Å². The van der Waals surface area contributed by atoms with Gasteiger partial charge in [0.05, 0.1) is 4.92 Å². The van der Waals surface area contributed by atoms with E-state index in [1.807, 2.05) is 0 Å². The van der Waals surface area contributed by atoms with Gasteiger partial charge in [-0.05, 0) is 19.1 Å². The van der Waals surface area contributed by atoms with E-state index in [9.17, 15) is 10.1 Å². The summed E-state index contributed by atoms with van der Waals surface area (Å²) in [5.74, 6) is 5.62. The molecule has 0 unspecified atom stereocenters. The van der Waals surface area contributed by atoms with Crippen molar-refractivity contribution in [2.24, 2.45) is 0 Å². The molecule has 0 bridgehead atoms. The van der Waals surface area contributed by atoms with Crippen LogP contribution in [0.1, 0.15) is 13.3 Å². The Labute approximate surface area is 98.8 Å². The first kappa shape index (κ1) is 12.3. The second-order valence-electron chi connectivity index (χ2n) is 3.02. The smallest absolute Gasteiger partial charge is 0.292 e.